The molecule has 0 aliphatic carbocycles. The predicted molar refractivity (Wildman–Crippen MR) is 139 cm³/mol. The summed E-state index contributed by atoms with van der Waals surface area (Å²) in [4.78, 5) is 30.9. The van der Waals surface area contributed by atoms with Crippen molar-refractivity contribution in [3.8, 4) is 0 Å². The Kier molecular flexibility index (Phi) is 11.5. The van der Waals surface area contributed by atoms with Crippen molar-refractivity contribution in [2.45, 2.75) is 25.4 Å². The van der Waals surface area contributed by atoms with Gasteiger partial charge in [0.15, 0.2) is 0 Å². The molecule has 4 N–H and O–H groups in total. The molecule has 3 aromatic rings. The van der Waals surface area contributed by atoms with Gasteiger partial charge in [0.2, 0.25) is 0 Å². The van der Waals surface area contributed by atoms with Crippen LogP contribution in [-0.2, 0) is 15.2 Å². The fraction of sp³-hybridized carbons (Fsp3) is 0.276. The van der Waals surface area contributed by atoms with Gasteiger partial charge in [-0.1, -0.05) is 85.8 Å². The highest BCUT2D eigenvalue weighted by Gasteiger charge is 2.38. The van der Waals surface area contributed by atoms with Gasteiger partial charge in [-0.2, -0.15) is 0 Å². The van der Waals surface area contributed by atoms with Gasteiger partial charge in [-0.3, -0.25) is 0 Å². The van der Waals surface area contributed by atoms with E-state index in [0.717, 1.165) is 30.8 Å². The van der Waals surface area contributed by atoms with E-state index in [9.17, 15) is 9.90 Å². The highest BCUT2D eigenvalue weighted by atomic mass is 16.4. The van der Waals surface area contributed by atoms with E-state index in [0.29, 0.717) is 5.56 Å². The van der Waals surface area contributed by atoms with Crippen LogP contribution in [0.25, 0.3) is 0 Å². The molecule has 37 heavy (non-hydrogen) atoms. The molecule has 0 bridgehead atoms. The van der Waals surface area contributed by atoms with Gasteiger partial charge in [-0.15, -0.1) is 0 Å². The molecule has 0 amide bonds. The van der Waals surface area contributed by atoms with Crippen LogP contribution in [0.3, 0.4) is 0 Å². The van der Waals surface area contributed by atoms with Crippen molar-refractivity contribution < 1.29 is 34.8 Å². The summed E-state index contributed by atoms with van der Waals surface area (Å²) >= 11 is 0. The lowest BCUT2D eigenvalue weighted by molar-refractivity contribution is -0.159. The van der Waals surface area contributed by atoms with Crippen LogP contribution in [0.1, 0.15) is 41.3 Å². The van der Waals surface area contributed by atoms with Crippen LogP contribution in [-0.4, -0.2) is 62.9 Å². The van der Waals surface area contributed by atoms with Gasteiger partial charge in [0.05, 0.1) is 5.56 Å². The van der Waals surface area contributed by atoms with Crippen LogP contribution in [0.2, 0.25) is 0 Å². The molecule has 3 aromatic carbocycles. The van der Waals surface area contributed by atoms with Gasteiger partial charge >= 0.3 is 17.9 Å². The van der Waals surface area contributed by atoms with E-state index in [-0.39, 0.29) is 5.92 Å². The first-order valence-electron chi connectivity index (χ1n) is 12.0. The smallest absolute Gasteiger partial charge is 0.414 e. The number of likely N-dealkylation sites (tertiary alicyclic amines) is 1. The lowest BCUT2D eigenvalue weighted by Gasteiger charge is -2.37. The largest absolute Gasteiger partial charge is 0.478 e. The zero-order chi connectivity index (χ0) is 27.3. The second-order valence-corrected chi connectivity index (χ2v) is 8.69. The molecule has 0 saturated carbocycles. The Bertz CT molecular complexity index is 1060. The number of aliphatic carboxylic acids is 2. The van der Waals surface area contributed by atoms with E-state index in [1.54, 1.807) is 30.3 Å². The summed E-state index contributed by atoms with van der Waals surface area (Å²) in [5.41, 5.74) is 1.35. The molecule has 0 aromatic heterocycles. The van der Waals surface area contributed by atoms with E-state index in [1.807, 2.05) is 60.7 Å². The Morgan fingerprint density at radius 2 is 1.11 bits per heavy atom. The summed E-state index contributed by atoms with van der Waals surface area (Å²) in [5, 5.41) is 34.8. The van der Waals surface area contributed by atoms with Gasteiger partial charge in [-0.25, -0.2) is 14.4 Å². The van der Waals surface area contributed by atoms with E-state index in [4.69, 9.17) is 24.9 Å². The quantitative estimate of drug-likeness (QED) is 0.365. The maximum Gasteiger partial charge on any atom is 0.414 e. The zero-order valence-corrected chi connectivity index (χ0v) is 20.7. The first kappa shape index (κ1) is 29.2. The van der Waals surface area contributed by atoms with Crippen molar-refractivity contribution in [2.24, 2.45) is 5.92 Å². The number of aliphatic hydroxyl groups is 1. The first-order chi connectivity index (χ1) is 17.7. The molecule has 1 aliphatic heterocycles. The number of rotatable bonds is 6. The van der Waals surface area contributed by atoms with Crippen molar-refractivity contribution in [3.63, 3.8) is 0 Å². The Balaban J connectivity index is 0.000000264. The Hall–Kier alpha value is -4.01. The minimum Gasteiger partial charge on any atom is -0.478 e. The summed E-state index contributed by atoms with van der Waals surface area (Å²) in [5.74, 6) is -4.39. The number of carbonyl (C=O) groups is 3. The topological polar surface area (TPSA) is 135 Å². The normalized spacial score (nSPS) is 13.8. The van der Waals surface area contributed by atoms with Crippen LogP contribution in [0.5, 0.6) is 0 Å². The van der Waals surface area contributed by atoms with E-state index >= 15 is 0 Å². The number of benzene rings is 3. The number of carboxylic acid groups (broad SMARTS) is 3. The van der Waals surface area contributed by atoms with E-state index in [2.05, 4.69) is 11.8 Å². The molecule has 1 fully saturated rings. The van der Waals surface area contributed by atoms with Crippen LogP contribution in [0.15, 0.2) is 91.0 Å². The predicted octanol–water partition coefficient (Wildman–Crippen LogP) is 4.19. The van der Waals surface area contributed by atoms with Crippen molar-refractivity contribution in [2.75, 3.05) is 19.6 Å². The number of carboxylic acids is 3. The number of hydrogen-bond donors (Lipinski definition) is 4. The Labute approximate surface area is 216 Å². The summed E-state index contributed by atoms with van der Waals surface area (Å²) < 4.78 is 0. The fourth-order valence-corrected chi connectivity index (χ4v) is 4.19. The molecule has 1 aliphatic rings. The van der Waals surface area contributed by atoms with Gasteiger partial charge in [0.25, 0.3) is 0 Å². The minimum atomic E-state index is -1.82. The second kappa shape index (κ2) is 14.5. The third-order valence-corrected chi connectivity index (χ3v) is 6.08. The molecule has 4 rings (SSSR count). The summed E-state index contributed by atoms with van der Waals surface area (Å²) in [6, 6.07) is 28.5. The van der Waals surface area contributed by atoms with Crippen LogP contribution in [0.4, 0.5) is 0 Å². The monoisotopic (exact) mass is 507 g/mol. The summed E-state index contributed by atoms with van der Waals surface area (Å²) in [7, 11) is 0. The van der Waals surface area contributed by atoms with Crippen molar-refractivity contribution >= 4 is 17.9 Å². The minimum absolute atomic E-state index is 0.135. The van der Waals surface area contributed by atoms with Gasteiger partial charge in [0.1, 0.15) is 5.60 Å². The number of aromatic carboxylic acids is 1. The number of nitrogens with zero attached hydrogens (tertiary/aromatic N) is 1. The highest BCUT2D eigenvalue weighted by molar-refractivity contribution is 6.27. The lowest BCUT2D eigenvalue weighted by atomic mass is 9.76. The Morgan fingerprint density at radius 1 is 0.730 bits per heavy atom. The molecule has 0 radical (unpaired) electrons. The standard InChI is InChI=1S/C20H25NO.C7H6O2.C2H2O4/c1-17(16-21-14-8-9-15-21)20(22,18-10-4-2-5-11-18)19-12-6-3-7-13-19;8-7(9)6-4-2-1-3-5-6;3-1(4)2(5)6/h2-7,10-13,17,22H,8-9,14-16H2,1H3;1-5H,(H,8,9);(H,3,4)(H,5,6). The Morgan fingerprint density at radius 3 is 1.43 bits per heavy atom. The lowest BCUT2D eigenvalue weighted by Crippen LogP contribution is -2.41. The molecule has 0 spiro atoms. The zero-order valence-electron chi connectivity index (χ0n) is 20.7. The third-order valence-electron chi connectivity index (χ3n) is 6.08. The molecule has 8 heteroatoms. The van der Waals surface area contributed by atoms with Gasteiger partial charge in [0, 0.05) is 12.5 Å². The summed E-state index contributed by atoms with van der Waals surface area (Å²) in [6.45, 7) is 5.41. The third kappa shape index (κ3) is 8.86. The van der Waals surface area contributed by atoms with E-state index < -0.39 is 23.5 Å². The van der Waals surface area contributed by atoms with Crippen LogP contribution < -0.4 is 0 Å². The molecular formula is C29H33NO7. The molecule has 1 heterocycles. The molecule has 1 saturated heterocycles. The maximum absolute atomic E-state index is 11.7. The maximum atomic E-state index is 11.7. The average molecular weight is 508 g/mol. The van der Waals surface area contributed by atoms with Gasteiger partial charge in [-0.05, 0) is 49.2 Å². The molecule has 8 nitrogen and oxygen atoms in total. The molecular weight excluding hydrogens is 474 g/mol. The molecule has 1 atom stereocenters. The summed E-state index contributed by atoms with van der Waals surface area (Å²) in [6.07, 6.45) is 2.56. The van der Waals surface area contributed by atoms with E-state index in [1.165, 1.54) is 12.8 Å². The fourth-order valence-electron chi connectivity index (χ4n) is 4.19. The van der Waals surface area contributed by atoms with Gasteiger partial charge < -0.3 is 25.3 Å². The molecule has 196 valence electrons. The SMILES string of the molecule is CC(CN1CCCC1)C(O)(c1ccccc1)c1ccccc1.O=C(O)C(=O)O.O=C(O)c1ccccc1. The highest BCUT2D eigenvalue weighted by Crippen LogP contribution is 2.37. The first-order valence-corrected chi connectivity index (χ1v) is 12.0. The van der Waals surface area contributed by atoms with Crippen molar-refractivity contribution in [3.05, 3.63) is 108 Å². The van der Waals surface area contributed by atoms with Crippen LogP contribution >= 0.6 is 0 Å². The molecule has 1 unspecified atom stereocenters. The average Bonchev–Trinajstić information content (AvgIpc) is 3.43. The van der Waals surface area contributed by atoms with Crippen LogP contribution in [0, 0.1) is 5.92 Å². The second-order valence-electron chi connectivity index (χ2n) is 8.69. The van der Waals surface area contributed by atoms with Crippen molar-refractivity contribution in [1.29, 1.82) is 0 Å². The van der Waals surface area contributed by atoms with Crippen molar-refractivity contribution in [1.82, 2.24) is 4.90 Å². The number of hydrogen-bond acceptors (Lipinski definition) is 5.